The Balaban J connectivity index is 3.34. The van der Waals surface area contributed by atoms with Crippen molar-refractivity contribution in [2.75, 3.05) is 13.2 Å². The van der Waals surface area contributed by atoms with Gasteiger partial charge in [0.1, 0.15) is 0 Å². The summed E-state index contributed by atoms with van der Waals surface area (Å²) in [7, 11) is 0. The summed E-state index contributed by atoms with van der Waals surface area (Å²) >= 11 is 0. The van der Waals surface area contributed by atoms with Gasteiger partial charge in [-0.1, -0.05) is 404 Å². The molecule has 0 saturated carbocycles. The van der Waals surface area contributed by atoms with Crippen LogP contribution in [0, 0.1) is 0 Å². The van der Waals surface area contributed by atoms with Gasteiger partial charge in [0.05, 0.1) is 25.4 Å². The molecule has 6 heteroatoms. The summed E-state index contributed by atoms with van der Waals surface area (Å²) in [4.78, 5) is 24.7. The first-order valence-corrected chi connectivity index (χ1v) is 41.1. The van der Waals surface area contributed by atoms with Crippen LogP contribution in [0.15, 0.2) is 24.3 Å². The van der Waals surface area contributed by atoms with Crippen LogP contribution in [0.4, 0.5) is 0 Å². The lowest BCUT2D eigenvalue weighted by atomic mass is 10.0. The van der Waals surface area contributed by atoms with Crippen molar-refractivity contribution in [3.8, 4) is 0 Å². The van der Waals surface area contributed by atoms with E-state index in [0.717, 1.165) is 38.5 Å². The van der Waals surface area contributed by atoms with Gasteiger partial charge in [0.25, 0.3) is 0 Å². The lowest BCUT2D eigenvalue weighted by molar-refractivity contribution is -0.143. The number of amides is 1. The van der Waals surface area contributed by atoms with E-state index in [1.807, 2.05) is 0 Å². The van der Waals surface area contributed by atoms with Gasteiger partial charge in [-0.3, -0.25) is 9.59 Å². The number of allylic oxidation sites excluding steroid dienone is 4. The number of hydrogen-bond donors (Lipinski definition) is 3. The van der Waals surface area contributed by atoms with Crippen molar-refractivity contribution in [2.45, 2.75) is 482 Å². The van der Waals surface area contributed by atoms with E-state index in [-0.39, 0.29) is 18.5 Å². The zero-order valence-corrected chi connectivity index (χ0v) is 60.7. The van der Waals surface area contributed by atoms with Gasteiger partial charge >= 0.3 is 5.97 Å². The minimum absolute atomic E-state index is 0.0190. The van der Waals surface area contributed by atoms with Crippen molar-refractivity contribution in [1.29, 1.82) is 0 Å². The first-order valence-electron chi connectivity index (χ1n) is 41.1. The zero-order valence-electron chi connectivity index (χ0n) is 60.7. The molecule has 0 fully saturated rings. The van der Waals surface area contributed by atoms with E-state index in [1.165, 1.54) is 398 Å². The number of unbranched alkanes of at least 4 members (excludes halogenated alkanes) is 63. The second kappa shape index (κ2) is 78.8. The molecule has 3 N–H and O–H groups in total. The Morgan fingerprint density at radius 3 is 0.798 bits per heavy atom. The molecule has 0 aromatic heterocycles. The molecule has 528 valence electrons. The molecule has 0 heterocycles. The quantitative estimate of drug-likeness (QED) is 0.0320. The van der Waals surface area contributed by atoms with Gasteiger partial charge in [-0.15, -0.1) is 0 Å². The van der Waals surface area contributed by atoms with E-state index in [9.17, 15) is 19.8 Å². The van der Waals surface area contributed by atoms with E-state index in [4.69, 9.17) is 4.74 Å². The van der Waals surface area contributed by atoms with Crippen LogP contribution in [0.25, 0.3) is 0 Å². The Morgan fingerprint density at radius 2 is 0.528 bits per heavy atom. The van der Waals surface area contributed by atoms with Gasteiger partial charge in [0.15, 0.2) is 0 Å². The molecule has 0 radical (unpaired) electrons. The van der Waals surface area contributed by atoms with E-state index in [2.05, 4.69) is 43.5 Å². The van der Waals surface area contributed by atoms with Crippen molar-refractivity contribution in [3.63, 3.8) is 0 Å². The van der Waals surface area contributed by atoms with Crippen LogP contribution < -0.4 is 5.32 Å². The summed E-state index contributed by atoms with van der Waals surface area (Å²) in [6.45, 7) is 5.01. The summed E-state index contributed by atoms with van der Waals surface area (Å²) in [6.07, 6.45) is 101. The summed E-state index contributed by atoms with van der Waals surface area (Å²) in [5, 5.41) is 23.5. The molecule has 2 atom stereocenters. The third kappa shape index (κ3) is 75.3. The van der Waals surface area contributed by atoms with Crippen LogP contribution in [-0.4, -0.2) is 47.4 Å². The molecule has 0 aromatic rings. The smallest absolute Gasteiger partial charge is 0.305 e. The lowest BCUT2D eigenvalue weighted by Gasteiger charge is -2.22. The third-order valence-corrected chi connectivity index (χ3v) is 19.5. The summed E-state index contributed by atoms with van der Waals surface area (Å²) in [6, 6.07) is -0.540. The number of carbonyl (C=O) groups excluding carboxylic acids is 2. The maximum atomic E-state index is 12.6. The highest BCUT2D eigenvalue weighted by Crippen LogP contribution is 2.20. The van der Waals surface area contributed by atoms with Gasteiger partial charge in [0, 0.05) is 12.8 Å². The minimum Gasteiger partial charge on any atom is -0.466 e. The van der Waals surface area contributed by atoms with E-state index >= 15 is 0 Å². The predicted molar refractivity (Wildman–Crippen MR) is 393 cm³/mol. The highest BCUT2D eigenvalue weighted by atomic mass is 16.5. The van der Waals surface area contributed by atoms with E-state index in [1.54, 1.807) is 0 Å². The number of esters is 1. The second-order valence-corrected chi connectivity index (χ2v) is 28.5. The predicted octanol–water partition coefficient (Wildman–Crippen LogP) is 27.2. The normalized spacial score (nSPS) is 12.5. The summed E-state index contributed by atoms with van der Waals surface area (Å²) < 4.78 is 5.52. The number of aliphatic hydroxyl groups excluding tert-OH is 2. The van der Waals surface area contributed by atoms with Crippen molar-refractivity contribution in [1.82, 2.24) is 5.32 Å². The van der Waals surface area contributed by atoms with Gasteiger partial charge < -0.3 is 20.3 Å². The minimum atomic E-state index is -0.663. The molecule has 0 aliphatic heterocycles. The molecule has 1 amide bonds. The Hall–Kier alpha value is -1.66. The van der Waals surface area contributed by atoms with Crippen LogP contribution in [0.3, 0.4) is 0 Å². The van der Waals surface area contributed by atoms with E-state index in [0.29, 0.717) is 25.9 Å². The lowest BCUT2D eigenvalue weighted by Crippen LogP contribution is -2.45. The molecular weight excluding hydrogens is 1090 g/mol. The summed E-state index contributed by atoms with van der Waals surface area (Å²) in [5.41, 5.74) is 0. The first-order chi connectivity index (χ1) is 44.0. The average molecular weight is 1250 g/mol. The number of rotatable bonds is 78. The van der Waals surface area contributed by atoms with Crippen molar-refractivity contribution >= 4 is 11.9 Å². The van der Waals surface area contributed by atoms with Crippen molar-refractivity contribution in [3.05, 3.63) is 24.3 Å². The highest BCUT2D eigenvalue weighted by Gasteiger charge is 2.20. The van der Waals surface area contributed by atoms with Crippen molar-refractivity contribution < 1.29 is 24.5 Å². The molecule has 2 unspecified atom stereocenters. The van der Waals surface area contributed by atoms with Crippen LogP contribution in [-0.2, 0) is 14.3 Å². The molecule has 0 spiro atoms. The fourth-order valence-electron chi connectivity index (χ4n) is 13.2. The first kappa shape index (κ1) is 87.3. The van der Waals surface area contributed by atoms with Gasteiger partial charge in [-0.2, -0.15) is 0 Å². The molecule has 6 nitrogen and oxygen atoms in total. The molecule has 89 heavy (non-hydrogen) atoms. The SMILES string of the molecule is CCCCCCCC/C=C\CCCCCCCCCCCC(=O)OCCCCCCCCCCCCCC/C=C\CCCCCCCCCCCCCCCCCCC(=O)NC(CO)C(O)CCCCCCCCCCCCCCCCCCCCCCC. The highest BCUT2D eigenvalue weighted by molar-refractivity contribution is 5.76. The van der Waals surface area contributed by atoms with Crippen molar-refractivity contribution in [2.24, 2.45) is 0 Å². The van der Waals surface area contributed by atoms with Crippen LogP contribution in [0.2, 0.25) is 0 Å². The molecule has 0 bridgehead atoms. The number of carbonyl (C=O) groups is 2. The number of aliphatic hydroxyl groups is 2. The van der Waals surface area contributed by atoms with Crippen LogP contribution in [0.5, 0.6) is 0 Å². The molecular formula is C83H161NO5. The molecule has 0 aliphatic carbocycles. The van der Waals surface area contributed by atoms with Gasteiger partial charge in [-0.05, 0) is 77.0 Å². The number of ether oxygens (including phenoxy) is 1. The Kier molecular flexibility index (Phi) is 77.3. The number of nitrogens with one attached hydrogen (secondary N) is 1. The zero-order chi connectivity index (χ0) is 64.2. The van der Waals surface area contributed by atoms with Crippen LogP contribution in [0.1, 0.15) is 470 Å². The Morgan fingerprint density at radius 1 is 0.303 bits per heavy atom. The third-order valence-electron chi connectivity index (χ3n) is 19.5. The largest absolute Gasteiger partial charge is 0.466 e. The monoisotopic (exact) mass is 1250 g/mol. The second-order valence-electron chi connectivity index (χ2n) is 28.5. The fraction of sp³-hybridized carbons (Fsp3) is 0.928. The van der Waals surface area contributed by atoms with Gasteiger partial charge in [0.2, 0.25) is 5.91 Å². The fourth-order valence-corrected chi connectivity index (χ4v) is 13.2. The molecule has 0 saturated heterocycles. The Bertz CT molecular complexity index is 1400. The molecule has 0 rings (SSSR count). The molecule has 0 aromatic carbocycles. The number of hydrogen-bond acceptors (Lipinski definition) is 5. The maximum absolute atomic E-state index is 12.6. The maximum Gasteiger partial charge on any atom is 0.305 e. The molecule has 0 aliphatic rings. The average Bonchev–Trinajstić information content (AvgIpc) is 3.60. The topological polar surface area (TPSA) is 95.9 Å². The standard InChI is InChI=1S/C83H161NO5/c1-3-5-7-9-11-13-15-17-19-21-23-36-40-43-47-51-55-59-63-67-71-75-81(86)80(79-85)84-82(87)76-72-68-64-60-56-52-48-44-41-37-34-32-30-28-26-24-25-27-29-31-33-35-38-42-46-50-54-58-62-66-70-74-78-89-83(88)77-73-69-65-61-57-53-49-45-39-22-20-18-16-14-12-10-8-6-4-2/h18,20,27,29,80-81,85-86H,3-17,19,21-26,28,30-79H2,1-2H3,(H,84,87)/b20-18-,29-27-. The Labute approximate surface area is 558 Å². The van der Waals surface area contributed by atoms with Gasteiger partial charge in [-0.25, -0.2) is 0 Å². The summed E-state index contributed by atoms with van der Waals surface area (Å²) in [5.74, 6) is -0.00790. The van der Waals surface area contributed by atoms with Crippen LogP contribution >= 0.6 is 0 Å². The van der Waals surface area contributed by atoms with E-state index < -0.39 is 12.1 Å².